The molecule has 4 nitrogen and oxygen atoms in total. The maximum Gasteiger partial charge on any atom is 0.258 e. The zero-order chi connectivity index (χ0) is 10.1. The van der Waals surface area contributed by atoms with Crippen LogP contribution in [0.25, 0.3) is 11.0 Å². The molecule has 74 valence electrons. The highest BCUT2D eigenvalue weighted by atomic mass is 79.9. The number of aromatic nitrogens is 2. The summed E-state index contributed by atoms with van der Waals surface area (Å²) in [7, 11) is 3.15. The molecule has 0 atom stereocenters. The Labute approximate surface area is 89.4 Å². The van der Waals surface area contributed by atoms with Crippen LogP contribution in [0.2, 0.25) is 0 Å². The molecule has 0 radical (unpaired) electrons. The van der Waals surface area contributed by atoms with Crippen molar-refractivity contribution in [3.05, 3.63) is 16.7 Å². The molecule has 0 saturated carbocycles. The minimum absolute atomic E-state index is 0.481. The van der Waals surface area contributed by atoms with Gasteiger partial charge in [-0.05, 0) is 22.0 Å². The molecule has 0 unspecified atom stereocenters. The van der Waals surface area contributed by atoms with E-state index in [0.717, 1.165) is 15.5 Å². The SMILES string of the molecule is COc1cc2c(Br)c[nH]c2nc1OC. The molecule has 0 saturated heterocycles. The summed E-state index contributed by atoms with van der Waals surface area (Å²) in [5.41, 5.74) is 0.773. The molecule has 0 aliphatic heterocycles. The van der Waals surface area contributed by atoms with E-state index in [1.807, 2.05) is 12.3 Å². The first-order chi connectivity index (χ1) is 6.76. The van der Waals surface area contributed by atoms with Crippen LogP contribution in [-0.2, 0) is 0 Å². The predicted octanol–water partition coefficient (Wildman–Crippen LogP) is 2.34. The van der Waals surface area contributed by atoms with Gasteiger partial charge in [0.1, 0.15) is 5.65 Å². The van der Waals surface area contributed by atoms with Crippen molar-refractivity contribution in [2.24, 2.45) is 0 Å². The number of rotatable bonds is 2. The average molecular weight is 257 g/mol. The zero-order valence-corrected chi connectivity index (χ0v) is 9.38. The monoisotopic (exact) mass is 256 g/mol. The van der Waals surface area contributed by atoms with Crippen LogP contribution in [0.4, 0.5) is 0 Å². The summed E-state index contributed by atoms with van der Waals surface area (Å²) >= 11 is 3.41. The number of methoxy groups -OCH3 is 2. The van der Waals surface area contributed by atoms with Gasteiger partial charge in [0.25, 0.3) is 5.88 Å². The van der Waals surface area contributed by atoms with Crippen molar-refractivity contribution in [3.8, 4) is 11.6 Å². The Hall–Kier alpha value is -1.23. The van der Waals surface area contributed by atoms with Crippen LogP contribution in [0, 0.1) is 0 Å². The highest BCUT2D eigenvalue weighted by molar-refractivity contribution is 9.10. The molecule has 1 N–H and O–H groups in total. The Morgan fingerprint density at radius 2 is 2.14 bits per heavy atom. The zero-order valence-electron chi connectivity index (χ0n) is 7.80. The highest BCUT2D eigenvalue weighted by Gasteiger charge is 2.10. The summed E-state index contributed by atoms with van der Waals surface area (Å²) in [6.07, 6.45) is 1.83. The van der Waals surface area contributed by atoms with Gasteiger partial charge in [-0.25, -0.2) is 0 Å². The van der Waals surface area contributed by atoms with E-state index in [1.165, 1.54) is 0 Å². The van der Waals surface area contributed by atoms with Crippen molar-refractivity contribution in [1.29, 1.82) is 0 Å². The molecule has 0 aromatic carbocycles. The Morgan fingerprint density at radius 3 is 2.79 bits per heavy atom. The Kier molecular flexibility index (Phi) is 2.33. The number of halogens is 1. The average Bonchev–Trinajstić information content (AvgIpc) is 2.58. The lowest BCUT2D eigenvalue weighted by Gasteiger charge is -2.05. The summed E-state index contributed by atoms with van der Waals surface area (Å²) in [5, 5.41) is 0.975. The van der Waals surface area contributed by atoms with Crippen molar-refractivity contribution in [1.82, 2.24) is 9.97 Å². The van der Waals surface area contributed by atoms with E-state index >= 15 is 0 Å². The van der Waals surface area contributed by atoms with Gasteiger partial charge >= 0.3 is 0 Å². The van der Waals surface area contributed by atoms with E-state index in [-0.39, 0.29) is 0 Å². The Bertz CT molecular complexity index is 467. The standard InChI is InChI=1S/C9H9BrN2O2/c1-13-7-3-5-6(10)4-11-8(5)12-9(7)14-2/h3-4H,1-2H3,(H,11,12). The number of fused-ring (bicyclic) bond motifs is 1. The molecule has 0 fully saturated rings. The molecule has 2 rings (SSSR count). The number of ether oxygens (including phenoxy) is 2. The molecule has 0 spiro atoms. The fraction of sp³-hybridized carbons (Fsp3) is 0.222. The van der Waals surface area contributed by atoms with Gasteiger partial charge in [-0.15, -0.1) is 0 Å². The number of aromatic amines is 1. The van der Waals surface area contributed by atoms with E-state index in [1.54, 1.807) is 14.2 Å². The quantitative estimate of drug-likeness (QED) is 0.898. The van der Waals surface area contributed by atoms with Crippen molar-refractivity contribution in [2.75, 3.05) is 14.2 Å². The molecule has 5 heteroatoms. The number of hydrogen-bond acceptors (Lipinski definition) is 3. The van der Waals surface area contributed by atoms with Crippen molar-refractivity contribution in [2.45, 2.75) is 0 Å². The Balaban J connectivity index is 2.71. The topological polar surface area (TPSA) is 47.1 Å². The molecule has 0 aliphatic carbocycles. The summed E-state index contributed by atoms with van der Waals surface area (Å²) in [6, 6.07) is 1.88. The summed E-state index contributed by atoms with van der Waals surface area (Å²) < 4.78 is 11.2. The van der Waals surface area contributed by atoms with Gasteiger partial charge in [0.2, 0.25) is 0 Å². The molecule has 2 heterocycles. The minimum Gasteiger partial charge on any atom is -0.491 e. The third-order valence-corrected chi connectivity index (χ3v) is 2.62. The molecule has 0 bridgehead atoms. The highest BCUT2D eigenvalue weighted by Crippen LogP contribution is 2.31. The maximum atomic E-state index is 5.15. The third-order valence-electron chi connectivity index (χ3n) is 1.96. The summed E-state index contributed by atoms with van der Waals surface area (Å²) in [4.78, 5) is 7.27. The molecule has 2 aromatic rings. The van der Waals surface area contributed by atoms with Crippen LogP contribution in [0.15, 0.2) is 16.7 Å². The van der Waals surface area contributed by atoms with Gasteiger partial charge in [0, 0.05) is 16.1 Å². The van der Waals surface area contributed by atoms with Gasteiger partial charge in [0.05, 0.1) is 14.2 Å². The first-order valence-corrected chi connectivity index (χ1v) is 4.81. The first-order valence-electron chi connectivity index (χ1n) is 4.02. The summed E-state index contributed by atoms with van der Waals surface area (Å²) in [6.45, 7) is 0. The predicted molar refractivity (Wildman–Crippen MR) is 56.9 cm³/mol. The van der Waals surface area contributed by atoms with E-state index in [9.17, 15) is 0 Å². The van der Waals surface area contributed by atoms with Crippen molar-refractivity contribution >= 4 is 27.0 Å². The smallest absolute Gasteiger partial charge is 0.258 e. The fourth-order valence-corrected chi connectivity index (χ4v) is 1.69. The van der Waals surface area contributed by atoms with Crippen LogP contribution >= 0.6 is 15.9 Å². The molecular weight excluding hydrogens is 248 g/mol. The van der Waals surface area contributed by atoms with E-state index in [2.05, 4.69) is 25.9 Å². The van der Waals surface area contributed by atoms with Gasteiger partial charge < -0.3 is 14.5 Å². The van der Waals surface area contributed by atoms with Crippen LogP contribution in [0.1, 0.15) is 0 Å². The van der Waals surface area contributed by atoms with E-state index in [4.69, 9.17) is 9.47 Å². The Morgan fingerprint density at radius 1 is 1.36 bits per heavy atom. The second-order valence-corrected chi connectivity index (χ2v) is 3.59. The van der Waals surface area contributed by atoms with Crippen LogP contribution in [0.3, 0.4) is 0 Å². The second kappa shape index (κ2) is 3.49. The number of H-pyrrole nitrogens is 1. The van der Waals surface area contributed by atoms with Gasteiger partial charge in [-0.2, -0.15) is 4.98 Å². The van der Waals surface area contributed by atoms with Crippen molar-refractivity contribution < 1.29 is 9.47 Å². The van der Waals surface area contributed by atoms with Crippen molar-refractivity contribution in [3.63, 3.8) is 0 Å². The molecule has 0 aliphatic rings. The fourth-order valence-electron chi connectivity index (χ4n) is 1.27. The third kappa shape index (κ3) is 1.33. The van der Waals surface area contributed by atoms with Crippen LogP contribution in [-0.4, -0.2) is 24.2 Å². The van der Waals surface area contributed by atoms with E-state index < -0.39 is 0 Å². The van der Waals surface area contributed by atoms with E-state index in [0.29, 0.717) is 11.6 Å². The second-order valence-electron chi connectivity index (χ2n) is 2.73. The van der Waals surface area contributed by atoms with Gasteiger partial charge in [-0.1, -0.05) is 0 Å². The van der Waals surface area contributed by atoms with Gasteiger partial charge in [-0.3, -0.25) is 0 Å². The number of nitrogens with zero attached hydrogens (tertiary/aromatic N) is 1. The first kappa shape index (κ1) is 9.33. The van der Waals surface area contributed by atoms with Crippen LogP contribution < -0.4 is 9.47 Å². The van der Waals surface area contributed by atoms with Gasteiger partial charge in [0.15, 0.2) is 5.75 Å². The number of pyridine rings is 1. The van der Waals surface area contributed by atoms with Crippen LogP contribution in [0.5, 0.6) is 11.6 Å². The minimum atomic E-state index is 0.481. The number of nitrogens with one attached hydrogen (secondary N) is 1. The summed E-state index contributed by atoms with van der Waals surface area (Å²) in [5.74, 6) is 1.11. The lowest BCUT2D eigenvalue weighted by atomic mass is 10.3. The molecule has 2 aromatic heterocycles. The normalized spacial score (nSPS) is 10.5. The molecule has 0 amide bonds. The number of hydrogen-bond donors (Lipinski definition) is 1. The molecular formula is C9H9BrN2O2. The lowest BCUT2D eigenvalue weighted by Crippen LogP contribution is -1.93. The molecule has 14 heavy (non-hydrogen) atoms. The maximum absolute atomic E-state index is 5.15. The lowest BCUT2D eigenvalue weighted by molar-refractivity contribution is 0.344. The largest absolute Gasteiger partial charge is 0.491 e.